The van der Waals surface area contributed by atoms with Gasteiger partial charge in [-0.05, 0) is 30.5 Å². The van der Waals surface area contributed by atoms with E-state index >= 15 is 0 Å². The standard InChI is InChI=1S/C15H11ClFNO4S/c1-23-14-6-5-9(7-13(14)18(20)21)15(19)22-8-10-11(16)3-2-4-12(10)17/h2-7H,8H2,1H3. The number of hydrogen-bond acceptors (Lipinski definition) is 5. The fourth-order valence-corrected chi connectivity index (χ4v) is 2.62. The van der Waals surface area contributed by atoms with E-state index in [-0.39, 0.29) is 28.4 Å². The number of carbonyl (C=O) groups is 1. The maximum atomic E-state index is 13.6. The topological polar surface area (TPSA) is 69.4 Å². The molecule has 0 saturated heterocycles. The van der Waals surface area contributed by atoms with Crippen molar-refractivity contribution in [3.05, 3.63) is 68.5 Å². The van der Waals surface area contributed by atoms with Crippen molar-refractivity contribution in [2.24, 2.45) is 0 Å². The van der Waals surface area contributed by atoms with Crippen molar-refractivity contribution < 1.29 is 18.8 Å². The normalized spacial score (nSPS) is 10.4. The number of esters is 1. The summed E-state index contributed by atoms with van der Waals surface area (Å²) in [5.74, 6) is -1.38. The highest BCUT2D eigenvalue weighted by molar-refractivity contribution is 7.98. The van der Waals surface area contributed by atoms with E-state index in [2.05, 4.69) is 0 Å². The molecule has 8 heteroatoms. The molecule has 0 amide bonds. The minimum absolute atomic E-state index is 0.0157. The van der Waals surface area contributed by atoms with Crippen LogP contribution in [0, 0.1) is 15.9 Å². The van der Waals surface area contributed by atoms with E-state index < -0.39 is 16.7 Å². The summed E-state index contributed by atoms with van der Waals surface area (Å²) in [5.41, 5.74) is -0.115. The summed E-state index contributed by atoms with van der Waals surface area (Å²) >= 11 is 7.04. The number of thioether (sulfide) groups is 1. The molecular weight excluding hydrogens is 345 g/mol. The summed E-state index contributed by atoms with van der Waals surface area (Å²) < 4.78 is 18.6. The number of ether oxygens (including phenoxy) is 1. The lowest BCUT2D eigenvalue weighted by Crippen LogP contribution is -2.07. The zero-order valence-electron chi connectivity index (χ0n) is 11.9. The Bertz CT molecular complexity index is 749. The first kappa shape index (κ1) is 17.2. The number of nitro benzene ring substituents is 1. The third kappa shape index (κ3) is 4.00. The van der Waals surface area contributed by atoms with Crippen molar-refractivity contribution in [1.82, 2.24) is 0 Å². The van der Waals surface area contributed by atoms with Gasteiger partial charge in [-0.25, -0.2) is 9.18 Å². The van der Waals surface area contributed by atoms with Gasteiger partial charge < -0.3 is 4.74 Å². The van der Waals surface area contributed by atoms with Gasteiger partial charge in [-0.2, -0.15) is 0 Å². The van der Waals surface area contributed by atoms with Crippen LogP contribution in [0.2, 0.25) is 5.02 Å². The van der Waals surface area contributed by atoms with E-state index in [9.17, 15) is 19.3 Å². The fraction of sp³-hybridized carbons (Fsp3) is 0.133. The van der Waals surface area contributed by atoms with E-state index in [0.717, 1.165) is 6.07 Å². The van der Waals surface area contributed by atoms with Crippen LogP contribution in [0.25, 0.3) is 0 Å². The minimum Gasteiger partial charge on any atom is -0.457 e. The fourth-order valence-electron chi connectivity index (χ4n) is 1.85. The van der Waals surface area contributed by atoms with Crippen molar-refractivity contribution in [3.8, 4) is 0 Å². The maximum absolute atomic E-state index is 13.6. The van der Waals surface area contributed by atoms with Crippen LogP contribution in [0.3, 0.4) is 0 Å². The van der Waals surface area contributed by atoms with Crippen LogP contribution in [-0.2, 0) is 11.3 Å². The molecule has 23 heavy (non-hydrogen) atoms. The highest BCUT2D eigenvalue weighted by Gasteiger charge is 2.18. The third-order valence-corrected chi connectivity index (χ3v) is 4.16. The Morgan fingerprint density at radius 3 is 2.74 bits per heavy atom. The lowest BCUT2D eigenvalue weighted by molar-refractivity contribution is -0.387. The van der Waals surface area contributed by atoms with E-state index in [4.69, 9.17) is 16.3 Å². The molecule has 2 rings (SSSR count). The number of benzene rings is 2. The summed E-state index contributed by atoms with van der Waals surface area (Å²) in [5, 5.41) is 11.1. The molecule has 0 atom stereocenters. The van der Waals surface area contributed by atoms with Crippen molar-refractivity contribution in [2.75, 3.05) is 6.26 Å². The van der Waals surface area contributed by atoms with Crippen LogP contribution >= 0.6 is 23.4 Å². The summed E-state index contributed by atoms with van der Waals surface area (Å²) in [6.07, 6.45) is 1.69. The van der Waals surface area contributed by atoms with Crippen molar-refractivity contribution in [1.29, 1.82) is 0 Å². The van der Waals surface area contributed by atoms with Gasteiger partial charge in [-0.3, -0.25) is 10.1 Å². The van der Waals surface area contributed by atoms with E-state index in [0.29, 0.717) is 4.90 Å². The van der Waals surface area contributed by atoms with E-state index in [1.807, 2.05) is 0 Å². The largest absolute Gasteiger partial charge is 0.457 e. The zero-order chi connectivity index (χ0) is 17.0. The minimum atomic E-state index is -0.792. The number of hydrogen-bond donors (Lipinski definition) is 0. The van der Waals surface area contributed by atoms with Gasteiger partial charge in [-0.15, -0.1) is 11.8 Å². The molecule has 0 radical (unpaired) electrons. The summed E-state index contributed by atoms with van der Waals surface area (Å²) in [6.45, 7) is -0.359. The average Bonchev–Trinajstić information content (AvgIpc) is 2.53. The van der Waals surface area contributed by atoms with Gasteiger partial charge >= 0.3 is 5.97 Å². The Balaban J connectivity index is 2.18. The quantitative estimate of drug-likeness (QED) is 0.342. The number of carbonyl (C=O) groups excluding carboxylic acids is 1. The summed E-state index contributed by atoms with van der Waals surface area (Å²) in [4.78, 5) is 22.9. The molecule has 0 aromatic heterocycles. The van der Waals surface area contributed by atoms with Gasteiger partial charge in [0, 0.05) is 11.6 Å². The Kier molecular flexibility index (Phi) is 5.57. The van der Waals surface area contributed by atoms with Crippen molar-refractivity contribution in [2.45, 2.75) is 11.5 Å². The van der Waals surface area contributed by atoms with Crippen LogP contribution in [0.15, 0.2) is 41.3 Å². The van der Waals surface area contributed by atoms with Gasteiger partial charge in [0.05, 0.1) is 20.4 Å². The number of rotatable bonds is 5. The molecule has 120 valence electrons. The summed E-state index contributed by atoms with van der Waals surface area (Å²) in [7, 11) is 0. The Morgan fingerprint density at radius 2 is 2.13 bits per heavy atom. The van der Waals surface area contributed by atoms with Gasteiger partial charge in [0.25, 0.3) is 5.69 Å². The van der Waals surface area contributed by atoms with Crippen LogP contribution in [0.5, 0.6) is 0 Å². The van der Waals surface area contributed by atoms with Gasteiger partial charge in [0.2, 0.25) is 0 Å². The molecule has 0 N–H and O–H groups in total. The molecule has 0 aliphatic carbocycles. The molecule has 0 aliphatic heterocycles. The molecule has 2 aromatic carbocycles. The molecule has 0 aliphatic rings. The molecule has 0 spiro atoms. The molecule has 2 aromatic rings. The first-order chi connectivity index (χ1) is 10.9. The Hall–Kier alpha value is -2.12. The first-order valence-electron chi connectivity index (χ1n) is 6.36. The number of nitro groups is 1. The van der Waals surface area contributed by atoms with Gasteiger partial charge in [0.15, 0.2) is 0 Å². The second-order valence-electron chi connectivity index (χ2n) is 4.42. The number of nitrogens with zero attached hydrogens (tertiary/aromatic N) is 1. The molecule has 0 unspecified atom stereocenters. The monoisotopic (exact) mass is 355 g/mol. The van der Waals surface area contributed by atoms with E-state index in [1.54, 1.807) is 6.26 Å². The predicted octanol–water partition coefficient (Wildman–Crippen LogP) is 4.47. The molecule has 0 bridgehead atoms. The summed E-state index contributed by atoms with van der Waals surface area (Å²) in [6, 6.07) is 8.14. The van der Waals surface area contributed by atoms with Crippen LogP contribution in [-0.4, -0.2) is 17.1 Å². The van der Waals surface area contributed by atoms with Gasteiger partial charge in [0.1, 0.15) is 12.4 Å². The lowest BCUT2D eigenvalue weighted by Gasteiger charge is -2.08. The van der Waals surface area contributed by atoms with Crippen LogP contribution in [0.4, 0.5) is 10.1 Å². The van der Waals surface area contributed by atoms with Crippen molar-refractivity contribution >= 4 is 35.0 Å². The van der Waals surface area contributed by atoms with Crippen LogP contribution in [0.1, 0.15) is 15.9 Å². The first-order valence-corrected chi connectivity index (χ1v) is 7.96. The van der Waals surface area contributed by atoms with E-state index in [1.165, 1.54) is 42.1 Å². The molecule has 5 nitrogen and oxygen atoms in total. The van der Waals surface area contributed by atoms with Crippen LogP contribution < -0.4 is 0 Å². The smallest absolute Gasteiger partial charge is 0.338 e. The molecular formula is C15H11ClFNO4S. The molecule has 0 saturated carbocycles. The highest BCUT2D eigenvalue weighted by atomic mass is 35.5. The molecule has 0 fully saturated rings. The highest BCUT2D eigenvalue weighted by Crippen LogP contribution is 2.28. The molecule has 0 heterocycles. The Morgan fingerprint density at radius 1 is 1.39 bits per heavy atom. The predicted molar refractivity (Wildman–Crippen MR) is 85.4 cm³/mol. The van der Waals surface area contributed by atoms with Gasteiger partial charge in [-0.1, -0.05) is 17.7 Å². The SMILES string of the molecule is CSc1ccc(C(=O)OCc2c(F)cccc2Cl)cc1[N+](=O)[O-]. The second kappa shape index (κ2) is 7.43. The zero-order valence-corrected chi connectivity index (χ0v) is 13.5. The Labute approximate surface area is 140 Å². The third-order valence-electron chi connectivity index (χ3n) is 3.02. The van der Waals surface area contributed by atoms with Crippen molar-refractivity contribution in [3.63, 3.8) is 0 Å². The second-order valence-corrected chi connectivity index (χ2v) is 5.68. The number of halogens is 2. The average molecular weight is 356 g/mol. The lowest BCUT2D eigenvalue weighted by atomic mass is 10.2. The maximum Gasteiger partial charge on any atom is 0.338 e.